The Bertz CT molecular complexity index is 1840. The third-order valence-electron chi connectivity index (χ3n) is 4.92. The Morgan fingerprint density at radius 1 is 0.946 bits per heavy atom. The number of carboxylic acids is 1. The number of aromatic nitrogens is 2. The van der Waals surface area contributed by atoms with Gasteiger partial charge in [-0.3, -0.25) is 14.4 Å². The van der Waals surface area contributed by atoms with Crippen LogP contribution in [0.3, 0.4) is 0 Å². The number of phenols is 1. The number of aromatic amines is 1. The van der Waals surface area contributed by atoms with E-state index in [2.05, 4.69) is 15.3 Å². The van der Waals surface area contributed by atoms with Crippen LogP contribution >= 0.6 is 0 Å². The summed E-state index contributed by atoms with van der Waals surface area (Å²) < 4.78 is 65.9. The van der Waals surface area contributed by atoms with Gasteiger partial charge in [0.25, 0.3) is 15.7 Å². The van der Waals surface area contributed by atoms with Crippen LogP contribution in [0.5, 0.6) is 5.75 Å². The Kier molecular flexibility index (Phi) is 7.75. The maximum Gasteiger partial charge on any atom is 1.00 e. The number of hydrogen-bond donors (Lipinski definition) is 4. The van der Waals surface area contributed by atoms with Gasteiger partial charge in [-0.15, -0.1) is 5.11 Å². The summed E-state index contributed by atoms with van der Waals surface area (Å²) in [5, 5.41) is 29.8. The Morgan fingerprint density at radius 3 is 2.16 bits per heavy atom. The van der Waals surface area contributed by atoms with Crippen molar-refractivity contribution in [1.82, 2.24) is 9.78 Å². The van der Waals surface area contributed by atoms with Crippen molar-refractivity contribution in [2.75, 3.05) is 0 Å². The molecule has 0 saturated heterocycles. The van der Waals surface area contributed by atoms with Crippen molar-refractivity contribution in [2.45, 2.75) is 9.79 Å². The first kappa shape index (κ1) is 28.2. The van der Waals surface area contributed by atoms with E-state index in [0.717, 1.165) is 41.1 Å². The Morgan fingerprint density at radius 2 is 1.59 bits per heavy atom. The predicted octanol–water partition coefficient (Wildman–Crippen LogP) is -0.707. The molecule has 4 aromatic rings. The van der Waals surface area contributed by atoms with E-state index in [9.17, 15) is 45.7 Å². The van der Waals surface area contributed by atoms with E-state index < -0.39 is 58.7 Å². The van der Waals surface area contributed by atoms with Crippen molar-refractivity contribution in [1.29, 1.82) is 0 Å². The summed E-state index contributed by atoms with van der Waals surface area (Å²) in [6.07, 6.45) is 0. The second-order valence-corrected chi connectivity index (χ2v) is 10.1. The van der Waals surface area contributed by atoms with Gasteiger partial charge >= 0.3 is 35.5 Å². The van der Waals surface area contributed by atoms with Crippen LogP contribution in [0.15, 0.2) is 79.4 Å². The molecule has 0 aliphatic rings. The molecule has 0 bridgehead atoms. The third-order valence-corrected chi connectivity index (χ3v) is 6.60. The topological polar surface area (TPSA) is 232 Å². The molecule has 4 rings (SSSR count). The quantitative estimate of drug-likeness (QED) is 0.132. The number of hydrogen-bond acceptors (Lipinski definition) is 10. The van der Waals surface area contributed by atoms with Crippen LogP contribution < -0.4 is 35.1 Å². The van der Waals surface area contributed by atoms with E-state index in [1.54, 1.807) is 0 Å². The number of phenolic OH excluding ortho intramolecular Hbond substituents is 1. The Hall–Kier alpha value is -3.38. The third kappa shape index (κ3) is 5.80. The van der Waals surface area contributed by atoms with Crippen LogP contribution in [0.4, 0.5) is 11.4 Å². The summed E-state index contributed by atoms with van der Waals surface area (Å²) in [5.74, 6) is -2.04. The van der Waals surface area contributed by atoms with Gasteiger partial charge in [-0.2, -0.15) is 13.5 Å². The van der Waals surface area contributed by atoms with E-state index in [1.165, 1.54) is 18.2 Å². The number of carboxylic acid groups (broad SMARTS) is 1. The Balaban J connectivity index is 0.00000380. The minimum Gasteiger partial charge on any atom is -0.744 e. The van der Waals surface area contributed by atoms with Crippen molar-refractivity contribution < 1.29 is 70.5 Å². The molecule has 0 saturated carbocycles. The number of carbonyl (C=O) groups is 1. The maximum absolute atomic E-state index is 12.8. The van der Waals surface area contributed by atoms with Gasteiger partial charge in [0.2, 0.25) is 0 Å². The number of azo groups is 1. The number of H-pyrrole nitrogens is 1. The van der Waals surface area contributed by atoms with Gasteiger partial charge < -0.3 is 14.8 Å². The summed E-state index contributed by atoms with van der Waals surface area (Å²) in [4.78, 5) is 23.4. The van der Waals surface area contributed by atoms with Crippen LogP contribution in [-0.2, 0) is 20.2 Å². The first-order valence-electron chi connectivity index (χ1n) is 9.56. The van der Waals surface area contributed by atoms with Gasteiger partial charge in [-0.05, 0) is 47.9 Å². The summed E-state index contributed by atoms with van der Waals surface area (Å²) in [5.41, 5.74) is -2.11. The van der Waals surface area contributed by atoms with Crippen LogP contribution in [0.25, 0.3) is 16.5 Å². The molecule has 0 unspecified atom stereocenters. The van der Waals surface area contributed by atoms with Gasteiger partial charge in [-0.1, -0.05) is 6.07 Å². The molecule has 1 heterocycles. The molecule has 186 valence electrons. The van der Waals surface area contributed by atoms with Crippen molar-refractivity contribution in [3.8, 4) is 11.4 Å². The SMILES string of the molecule is O=C(O)c1[nH]n(-c2ccc(S(=O)(=O)[O-])cc2)c(=O)c1N=Nc1ccc2cc(S(=O)(=O)O)cc(O)c2c1.[Na+]. The molecule has 0 aliphatic carbocycles. The predicted molar refractivity (Wildman–Crippen MR) is 121 cm³/mol. The second-order valence-electron chi connectivity index (χ2n) is 7.25. The number of nitrogens with one attached hydrogen (secondary N) is 1. The van der Waals surface area contributed by atoms with Crippen LogP contribution in [0, 0.1) is 0 Å². The van der Waals surface area contributed by atoms with E-state index >= 15 is 0 Å². The normalized spacial score (nSPS) is 12.1. The molecule has 0 spiro atoms. The molecule has 37 heavy (non-hydrogen) atoms. The monoisotopic (exact) mass is 556 g/mol. The molecule has 0 atom stereocenters. The Labute approximate surface area is 229 Å². The molecule has 14 nitrogen and oxygen atoms in total. The molecule has 1 aromatic heterocycles. The van der Waals surface area contributed by atoms with Gasteiger partial charge in [0.05, 0.1) is 21.2 Å². The minimum atomic E-state index is -4.73. The molecule has 0 fully saturated rings. The summed E-state index contributed by atoms with van der Waals surface area (Å²) in [7, 11) is -9.30. The summed E-state index contributed by atoms with van der Waals surface area (Å²) in [6.45, 7) is 0. The number of fused-ring (bicyclic) bond motifs is 1. The molecule has 0 radical (unpaired) electrons. The molecule has 17 heteroatoms. The first-order valence-corrected chi connectivity index (χ1v) is 12.4. The van der Waals surface area contributed by atoms with E-state index in [-0.39, 0.29) is 51.7 Å². The molecular weight excluding hydrogens is 543 g/mol. The van der Waals surface area contributed by atoms with Crippen molar-refractivity contribution in [3.05, 3.63) is 70.6 Å². The van der Waals surface area contributed by atoms with Crippen molar-refractivity contribution in [3.63, 3.8) is 0 Å². The van der Waals surface area contributed by atoms with Gasteiger partial charge in [0, 0.05) is 11.5 Å². The maximum atomic E-state index is 12.8. The molecular formula is C20H13N4NaO10S2. The molecule has 3 aromatic carbocycles. The summed E-state index contributed by atoms with van der Waals surface area (Å²) >= 11 is 0. The smallest absolute Gasteiger partial charge is 0.744 e. The molecule has 0 aliphatic heterocycles. The fourth-order valence-electron chi connectivity index (χ4n) is 3.23. The number of benzene rings is 3. The minimum absolute atomic E-state index is 0. The molecule has 4 N–H and O–H groups in total. The molecule has 0 amide bonds. The first-order chi connectivity index (χ1) is 16.8. The fourth-order valence-corrected chi connectivity index (χ4v) is 4.24. The van der Waals surface area contributed by atoms with Crippen molar-refractivity contribution in [2.24, 2.45) is 10.2 Å². The zero-order valence-corrected chi connectivity index (χ0v) is 22.2. The number of aromatic carboxylic acids is 1. The largest absolute Gasteiger partial charge is 1.00 e. The standard InChI is InChI=1S/C20H14N4O10S2.Na/c25-16-9-14(36(32,33)34)7-10-1-2-11(8-15(10)16)21-22-17-18(20(27)28)23-24(19(17)26)12-3-5-13(6-4-12)35(29,30)31;/h1-9,23,25H,(H,27,28)(H,29,30,31)(H,32,33,34);/q;+1/p-1. The number of rotatable bonds is 6. The van der Waals surface area contributed by atoms with Crippen LogP contribution in [0.2, 0.25) is 0 Å². The van der Waals surface area contributed by atoms with E-state index in [4.69, 9.17) is 0 Å². The van der Waals surface area contributed by atoms with Crippen LogP contribution in [-0.4, -0.2) is 51.9 Å². The second kappa shape index (κ2) is 10.2. The zero-order valence-electron chi connectivity index (χ0n) is 18.6. The van der Waals surface area contributed by atoms with Crippen molar-refractivity contribution >= 4 is 48.4 Å². The van der Waals surface area contributed by atoms with Gasteiger partial charge in [0.1, 0.15) is 15.9 Å². The zero-order chi connectivity index (χ0) is 26.4. The van der Waals surface area contributed by atoms with E-state index in [1.807, 2.05) is 0 Å². The average Bonchev–Trinajstić information content (AvgIpc) is 3.13. The van der Waals surface area contributed by atoms with E-state index in [0.29, 0.717) is 0 Å². The van der Waals surface area contributed by atoms with Crippen LogP contribution in [0.1, 0.15) is 10.5 Å². The average molecular weight is 556 g/mol. The fraction of sp³-hybridized carbons (Fsp3) is 0. The number of nitrogens with zero attached hydrogens (tertiary/aromatic N) is 3. The number of aromatic hydroxyl groups is 1. The van der Waals surface area contributed by atoms with Gasteiger partial charge in [-0.25, -0.2) is 17.9 Å². The van der Waals surface area contributed by atoms with Gasteiger partial charge in [0.15, 0.2) is 11.4 Å². The summed E-state index contributed by atoms with van der Waals surface area (Å²) in [6, 6.07) is 10.0.